The molecule has 0 amide bonds. The first-order chi connectivity index (χ1) is 10.0. The maximum absolute atomic E-state index is 5.35. The van der Waals surface area contributed by atoms with E-state index in [9.17, 15) is 0 Å². The third-order valence-corrected chi connectivity index (χ3v) is 3.21. The van der Waals surface area contributed by atoms with Crippen molar-refractivity contribution in [2.45, 2.75) is 19.9 Å². The zero-order valence-electron chi connectivity index (χ0n) is 11.9. The number of guanidine groups is 1. The molecule has 5 N–H and O–H groups in total. The molecule has 2 aromatic rings. The van der Waals surface area contributed by atoms with Crippen molar-refractivity contribution in [3.8, 4) is 11.3 Å². The van der Waals surface area contributed by atoms with Crippen LogP contribution < -0.4 is 16.8 Å². The van der Waals surface area contributed by atoms with Crippen LogP contribution in [0.3, 0.4) is 0 Å². The third-order valence-electron chi connectivity index (χ3n) is 2.48. The van der Waals surface area contributed by atoms with Gasteiger partial charge in [0.05, 0.1) is 12.0 Å². The molecule has 1 aromatic heterocycles. The number of nitrogens with one attached hydrogen (secondary N) is 1. The first-order valence-electron chi connectivity index (χ1n) is 6.48. The van der Waals surface area contributed by atoms with E-state index in [-0.39, 0.29) is 12.0 Å². The van der Waals surface area contributed by atoms with Crippen LogP contribution in [-0.2, 0) is 0 Å². The zero-order chi connectivity index (χ0) is 15.2. The molecule has 0 atom stereocenters. The van der Waals surface area contributed by atoms with Crippen LogP contribution in [0, 0.1) is 0 Å². The lowest BCUT2D eigenvalue weighted by atomic mass is 10.1. The molecule has 0 spiro atoms. The fourth-order valence-electron chi connectivity index (χ4n) is 1.59. The Balaban J connectivity index is 2.17. The summed E-state index contributed by atoms with van der Waals surface area (Å²) in [6, 6.07) is 8.18. The Labute approximate surface area is 127 Å². The van der Waals surface area contributed by atoms with Crippen molar-refractivity contribution < 1.29 is 0 Å². The molecule has 1 aromatic carbocycles. The van der Waals surface area contributed by atoms with Crippen molar-refractivity contribution in [3.05, 3.63) is 29.6 Å². The summed E-state index contributed by atoms with van der Waals surface area (Å²) >= 11 is 1.39. The lowest BCUT2D eigenvalue weighted by Gasteiger charge is -2.03. The average Bonchev–Trinajstić information content (AvgIpc) is 2.86. The number of aromatic nitrogens is 1. The van der Waals surface area contributed by atoms with E-state index in [1.807, 2.05) is 43.5 Å². The molecule has 0 aliphatic carbocycles. The number of benzene rings is 1. The topological polar surface area (TPSA) is 102 Å². The van der Waals surface area contributed by atoms with E-state index in [1.54, 1.807) is 6.34 Å². The maximum atomic E-state index is 5.35. The maximum Gasteiger partial charge on any atom is 0.212 e. The second-order valence-electron chi connectivity index (χ2n) is 4.65. The van der Waals surface area contributed by atoms with Gasteiger partial charge in [-0.2, -0.15) is 4.99 Å². The molecule has 0 fully saturated rings. The van der Waals surface area contributed by atoms with Gasteiger partial charge in [0.15, 0.2) is 5.96 Å². The van der Waals surface area contributed by atoms with Crippen molar-refractivity contribution >= 4 is 34.5 Å². The summed E-state index contributed by atoms with van der Waals surface area (Å²) in [6.07, 6.45) is 1.70. The number of anilines is 1. The highest BCUT2D eigenvalue weighted by Crippen LogP contribution is 2.27. The highest BCUT2D eigenvalue weighted by molar-refractivity contribution is 7.13. The Morgan fingerprint density at radius 1 is 1.38 bits per heavy atom. The van der Waals surface area contributed by atoms with Gasteiger partial charge in [0, 0.05) is 22.7 Å². The summed E-state index contributed by atoms with van der Waals surface area (Å²) in [4.78, 5) is 12.6. The fourth-order valence-corrected chi connectivity index (χ4v) is 2.30. The fraction of sp³-hybridized carbons (Fsp3) is 0.214. The molecular weight excluding hydrogens is 284 g/mol. The smallest absolute Gasteiger partial charge is 0.212 e. The number of thiazole rings is 1. The largest absolute Gasteiger partial charge is 0.370 e. The van der Waals surface area contributed by atoms with Crippen LogP contribution in [0.5, 0.6) is 0 Å². The van der Waals surface area contributed by atoms with E-state index >= 15 is 0 Å². The van der Waals surface area contributed by atoms with Crippen LogP contribution in [0.4, 0.5) is 10.8 Å². The van der Waals surface area contributed by atoms with Gasteiger partial charge in [-0.05, 0) is 26.0 Å². The quantitative estimate of drug-likeness (QED) is 0.583. The van der Waals surface area contributed by atoms with Crippen LogP contribution in [0.1, 0.15) is 13.8 Å². The molecule has 6 nitrogen and oxygen atoms in total. The Morgan fingerprint density at radius 3 is 2.90 bits per heavy atom. The van der Waals surface area contributed by atoms with Gasteiger partial charge in [-0.15, -0.1) is 11.3 Å². The third kappa shape index (κ3) is 4.57. The van der Waals surface area contributed by atoms with Crippen LogP contribution in [0.25, 0.3) is 11.3 Å². The monoisotopic (exact) mass is 302 g/mol. The highest BCUT2D eigenvalue weighted by atomic mass is 32.1. The lowest BCUT2D eigenvalue weighted by molar-refractivity contribution is 0.840. The van der Waals surface area contributed by atoms with E-state index in [1.165, 1.54) is 11.3 Å². The number of aliphatic imine (C=N–C) groups is 2. The predicted octanol–water partition coefficient (Wildman–Crippen LogP) is 2.56. The second kappa shape index (κ2) is 6.85. The summed E-state index contributed by atoms with van der Waals surface area (Å²) in [5.74, 6) is 0.0104. The minimum atomic E-state index is 0.0104. The van der Waals surface area contributed by atoms with Crippen LogP contribution in [0.2, 0.25) is 0 Å². The van der Waals surface area contributed by atoms with Gasteiger partial charge in [0.2, 0.25) is 5.13 Å². The first-order valence-corrected chi connectivity index (χ1v) is 7.36. The van der Waals surface area contributed by atoms with E-state index in [0.717, 1.165) is 16.9 Å². The molecule has 0 aliphatic heterocycles. The minimum Gasteiger partial charge on any atom is -0.370 e. The van der Waals surface area contributed by atoms with E-state index in [0.29, 0.717) is 5.13 Å². The Morgan fingerprint density at radius 2 is 2.19 bits per heavy atom. The normalized spacial score (nSPS) is 11.0. The van der Waals surface area contributed by atoms with Gasteiger partial charge in [0.25, 0.3) is 0 Å². The van der Waals surface area contributed by atoms with Crippen LogP contribution in [-0.4, -0.2) is 23.3 Å². The average molecular weight is 302 g/mol. The van der Waals surface area contributed by atoms with Gasteiger partial charge in [0.1, 0.15) is 0 Å². The molecule has 21 heavy (non-hydrogen) atoms. The second-order valence-corrected chi connectivity index (χ2v) is 5.49. The number of hydrogen-bond donors (Lipinski definition) is 3. The molecule has 0 aliphatic rings. The summed E-state index contributed by atoms with van der Waals surface area (Å²) in [5.41, 5.74) is 13.5. The summed E-state index contributed by atoms with van der Waals surface area (Å²) in [6.45, 7) is 4.05. The summed E-state index contributed by atoms with van der Waals surface area (Å²) in [5, 5.41) is 5.61. The van der Waals surface area contributed by atoms with Crippen molar-refractivity contribution in [3.63, 3.8) is 0 Å². The predicted molar refractivity (Wildman–Crippen MR) is 90.3 cm³/mol. The van der Waals surface area contributed by atoms with E-state index in [2.05, 4.69) is 20.3 Å². The molecule has 0 bridgehead atoms. The highest BCUT2D eigenvalue weighted by Gasteiger charge is 2.04. The molecule has 0 saturated carbocycles. The van der Waals surface area contributed by atoms with Gasteiger partial charge < -0.3 is 16.8 Å². The summed E-state index contributed by atoms with van der Waals surface area (Å²) < 4.78 is 0. The molecule has 0 unspecified atom stereocenters. The Kier molecular flexibility index (Phi) is 4.89. The molecule has 7 heteroatoms. The van der Waals surface area contributed by atoms with Crippen molar-refractivity contribution in [2.75, 3.05) is 5.32 Å². The Bertz CT molecular complexity index is 655. The van der Waals surface area contributed by atoms with Gasteiger partial charge >= 0.3 is 0 Å². The molecule has 0 saturated heterocycles. The molecule has 0 radical (unpaired) electrons. The van der Waals surface area contributed by atoms with Crippen molar-refractivity contribution in [2.24, 2.45) is 21.5 Å². The molecular formula is C14H18N6S. The van der Waals surface area contributed by atoms with Gasteiger partial charge in [-0.1, -0.05) is 12.1 Å². The van der Waals surface area contributed by atoms with Gasteiger partial charge in [-0.3, -0.25) is 4.99 Å². The standard InChI is InChI=1S/C14H18N6S/c1-9(2)17-8-18-11-5-3-4-10(6-11)12-7-21-14(19-12)20-13(15)16/h3-9H,1-2H3,(H,17,18)(H4,15,16,19,20). The van der Waals surface area contributed by atoms with Crippen molar-refractivity contribution in [1.82, 2.24) is 4.98 Å². The minimum absolute atomic E-state index is 0.0104. The van der Waals surface area contributed by atoms with E-state index in [4.69, 9.17) is 11.5 Å². The van der Waals surface area contributed by atoms with E-state index < -0.39 is 0 Å². The number of nitrogens with zero attached hydrogens (tertiary/aromatic N) is 3. The molecule has 110 valence electrons. The number of rotatable bonds is 5. The number of nitrogens with two attached hydrogens (primary N) is 2. The summed E-state index contributed by atoms with van der Waals surface area (Å²) in [7, 11) is 0. The molecule has 1 heterocycles. The SMILES string of the molecule is CC(C)N=CNc1cccc(-c2csc(N=C(N)N)n2)c1. The first kappa shape index (κ1) is 15.0. The number of hydrogen-bond acceptors (Lipinski definition) is 4. The lowest BCUT2D eigenvalue weighted by Crippen LogP contribution is -2.21. The molecule has 2 rings (SSSR count). The van der Waals surface area contributed by atoms with Crippen LogP contribution in [0.15, 0.2) is 39.6 Å². The van der Waals surface area contributed by atoms with Gasteiger partial charge in [-0.25, -0.2) is 4.98 Å². The van der Waals surface area contributed by atoms with Crippen LogP contribution >= 0.6 is 11.3 Å². The van der Waals surface area contributed by atoms with Crippen molar-refractivity contribution in [1.29, 1.82) is 0 Å². The zero-order valence-corrected chi connectivity index (χ0v) is 12.8. The Hall–Kier alpha value is -2.41.